The van der Waals surface area contributed by atoms with Gasteiger partial charge < -0.3 is 20.8 Å². The third-order valence-corrected chi connectivity index (χ3v) is 7.92. The number of amides is 1. The van der Waals surface area contributed by atoms with Crippen molar-refractivity contribution in [1.82, 2.24) is 9.80 Å². The van der Waals surface area contributed by atoms with E-state index >= 15 is 0 Å². The molecular weight excluding hydrogens is 507 g/mol. The summed E-state index contributed by atoms with van der Waals surface area (Å²) in [7, 11) is 3.94. The minimum atomic E-state index is -1.26. The summed E-state index contributed by atoms with van der Waals surface area (Å²) in [6.45, 7) is 5.14. The molecule has 200 valence electrons. The Hall–Kier alpha value is -2.33. The molecule has 0 radical (unpaired) electrons. The third kappa shape index (κ3) is 8.37. The number of halogens is 2. The van der Waals surface area contributed by atoms with Gasteiger partial charge in [-0.2, -0.15) is 0 Å². The molecule has 1 amide bonds. The van der Waals surface area contributed by atoms with E-state index in [2.05, 4.69) is 9.80 Å². The monoisotopic (exact) mass is 542 g/mol. The number of rotatable bonds is 8. The van der Waals surface area contributed by atoms with Crippen molar-refractivity contribution in [1.29, 1.82) is 0 Å². The maximum absolute atomic E-state index is 12.0. The number of anilines is 1. The smallest absolute Gasteiger partial charge is 0.328 e. The van der Waals surface area contributed by atoms with Crippen LogP contribution in [0, 0.1) is 5.92 Å². The molecule has 9 nitrogen and oxygen atoms in total. The molecule has 1 aliphatic heterocycles. The van der Waals surface area contributed by atoms with E-state index in [0.717, 1.165) is 64.1 Å². The highest BCUT2D eigenvalue weighted by molar-refractivity contribution is 6.43. The van der Waals surface area contributed by atoms with Crippen molar-refractivity contribution < 1.29 is 24.6 Å². The van der Waals surface area contributed by atoms with Crippen molar-refractivity contribution in [3.05, 3.63) is 40.4 Å². The van der Waals surface area contributed by atoms with Crippen molar-refractivity contribution in [2.24, 2.45) is 11.7 Å². The lowest BCUT2D eigenvalue weighted by molar-refractivity contribution is -0.134. The fourth-order valence-electron chi connectivity index (χ4n) is 4.81. The third-order valence-electron chi connectivity index (χ3n) is 7.11. The van der Waals surface area contributed by atoms with Gasteiger partial charge in [0.1, 0.15) is 0 Å². The zero-order valence-electron chi connectivity index (χ0n) is 20.8. The lowest BCUT2D eigenvalue weighted by atomic mass is 9.74. The summed E-state index contributed by atoms with van der Waals surface area (Å²) in [5, 5.41) is 16.9. The molecule has 3 rings (SSSR count). The second kappa shape index (κ2) is 13.8. The normalized spacial score (nSPS) is 22.8. The summed E-state index contributed by atoms with van der Waals surface area (Å²) in [4.78, 5) is 38.0. The Bertz CT molecular complexity index is 924. The van der Waals surface area contributed by atoms with Crippen LogP contribution in [-0.2, 0) is 14.4 Å². The molecule has 0 spiro atoms. The quantitative estimate of drug-likeness (QED) is 0.427. The first kappa shape index (κ1) is 29.9. The highest BCUT2D eigenvalue weighted by Gasteiger charge is 2.42. The van der Waals surface area contributed by atoms with Crippen LogP contribution in [0.25, 0.3) is 0 Å². The number of likely N-dealkylation sites (N-methyl/N-ethyl adjacent to an activating group) is 1. The van der Waals surface area contributed by atoms with E-state index in [-0.39, 0.29) is 5.91 Å². The van der Waals surface area contributed by atoms with E-state index in [1.165, 1.54) is 6.42 Å². The van der Waals surface area contributed by atoms with Crippen LogP contribution < -0.4 is 10.6 Å². The molecule has 0 bridgehead atoms. The van der Waals surface area contributed by atoms with E-state index in [9.17, 15) is 14.4 Å². The van der Waals surface area contributed by atoms with Crippen molar-refractivity contribution in [3.8, 4) is 0 Å². The molecule has 11 heteroatoms. The van der Waals surface area contributed by atoms with Crippen LogP contribution >= 0.6 is 23.2 Å². The molecule has 1 saturated heterocycles. The molecule has 1 aliphatic carbocycles. The number of hydrogen-bond acceptors (Lipinski definition) is 6. The van der Waals surface area contributed by atoms with E-state index in [1.807, 2.05) is 37.2 Å². The molecule has 4 N–H and O–H groups in total. The molecule has 0 aromatic heterocycles. The zero-order valence-corrected chi connectivity index (χ0v) is 22.3. The van der Waals surface area contributed by atoms with Crippen LogP contribution in [0.1, 0.15) is 32.1 Å². The number of benzene rings is 1. The summed E-state index contributed by atoms with van der Waals surface area (Å²) in [6, 6.07) is 5.83. The van der Waals surface area contributed by atoms with E-state index < -0.39 is 17.5 Å². The Balaban J connectivity index is 0.000000493. The van der Waals surface area contributed by atoms with Gasteiger partial charge in [-0.05, 0) is 70.8 Å². The van der Waals surface area contributed by atoms with Crippen LogP contribution in [-0.4, -0.2) is 90.2 Å². The Morgan fingerprint density at radius 1 is 1.06 bits per heavy atom. The highest BCUT2D eigenvalue weighted by atomic mass is 35.5. The van der Waals surface area contributed by atoms with Crippen molar-refractivity contribution >= 4 is 46.7 Å². The molecule has 36 heavy (non-hydrogen) atoms. The summed E-state index contributed by atoms with van der Waals surface area (Å²) in [5.41, 5.74) is 6.30. The summed E-state index contributed by atoms with van der Waals surface area (Å²) >= 11 is 12.5. The van der Waals surface area contributed by atoms with Crippen LogP contribution in [0.3, 0.4) is 0 Å². The Labute approximate surface area is 222 Å². The first-order valence-corrected chi connectivity index (χ1v) is 12.7. The number of carbonyl (C=O) groups is 3. The molecule has 0 unspecified atom stereocenters. The molecule has 2 aliphatic rings. The van der Waals surface area contributed by atoms with Gasteiger partial charge in [0.05, 0.1) is 21.3 Å². The predicted molar refractivity (Wildman–Crippen MR) is 142 cm³/mol. The number of primary amides is 1. The Morgan fingerprint density at radius 2 is 1.61 bits per heavy atom. The zero-order chi connectivity index (χ0) is 26.9. The van der Waals surface area contributed by atoms with E-state index in [0.29, 0.717) is 28.1 Å². The minimum Gasteiger partial charge on any atom is -0.478 e. The molecular formula is C25H36Cl2N4O5. The average molecular weight is 543 g/mol. The predicted octanol–water partition coefficient (Wildman–Crippen LogP) is 3.19. The fourth-order valence-corrected chi connectivity index (χ4v) is 5.23. The highest BCUT2D eigenvalue weighted by Crippen LogP contribution is 2.37. The van der Waals surface area contributed by atoms with Crippen molar-refractivity contribution in [2.45, 2.75) is 37.6 Å². The molecule has 1 aromatic carbocycles. The van der Waals surface area contributed by atoms with Gasteiger partial charge in [-0.25, -0.2) is 9.59 Å². The molecule has 2 fully saturated rings. The second-order valence-corrected chi connectivity index (χ2v) is 10.2. The molecule has 1 aromatic rings. The number of carboxylic acids is 2. The van der Waals surface area contributed by atoms with Gasteiger partial charge in [0.15, 0.2) is 0 Å². The van der Waals surface area contributed by atoms with Gasteiger partial charge in [0, 0.05) is 38.3 Å². The lowest BCUT2D eigenvalue weighted by Crippen LogP contribution is -2.56. The van der Waals surface area contributed by atoms with Crippen molar-refractivity contribution in [3.63, 3.8) is 0 Å². The van der Waals surface area contributed by atoms with Crippen molar-refractivity contribution in [2.75, 3.05) is 51.7 Å². The molecule has 1 heterocycles. The average Bonchev–Trinajstić information content (AvgIpc) is 2.84. The van der Waals surface area contributed by atoms with Crippen LogP contribution in [0.15, 0.2) is 30.4 Å². The first-order valence-electron chi connectivity index (χ1n) is 12.0. The number of nitrogens with two attached hydrogens (primary N) is 1. The Morgan fingerprint density at radius 3 is 2.08 bits per heavy atom. The second-order valence-electron chi connectivity index (χ2n) is 9.43. The van der Waals surface area contributed by atoms with Gasteiger partial charge in [-0.15, -0.1) is 0 Å². The van der Waals surface area contributed by atoms with Gasteiger partial charge >= 0.3 is 11.9 Å². The standard InChI is InChI=1S/C21H32Cl2N4O.C4H4O4/c1-25(2)21(20(24)28)9-6-16(7-10-21)8-11-26-12-14-27(15-13-26)18-5-3-4-17(22)19(18)23;5-3(6)1-2-4(7)8/h3-5,16H,6-15H2,1-2H3,(H2,24,28);1-2H,(H,5,6)(H,7,8). The number of hydrogen-bond donors (Lipinski definition) is 3. The SMILES string of the molecule is CN(C)C1(C(N)=O)CCC(CCN2CCN(c3cccc(Cl)c3Cl)CC2)CC1.O=C(O)C=CC(=O)O. The Kier molecular flexibility index (Phi) is 11.5. The van der Waals surface area contributed by atoms with Crippen LogP contribution in [0.5, 0.6) is 0 Å². The topological polar surface area (TPSA) is 127 Å². The van der Waals surface area contributed by atoms with Crippen LogP contribution in [0.2, 0.25) is 10.0 Å². The fraction of sp³-hybridized carbons (Fsp3) is 0.560. The number of piperazine rings is 1. The van der Waals surface area contributed by atoms with Gasteiger partial charge in [-0.1, -0.05) is 29.3 Å². The summed E-state index contributed by atoms with van der Waals surface area (Å²) < 4.78 is 0. The minimum absolute atomic E-state index is 0.174. The number of carbonyl (C=O) groups excluding carboxylic acids is 1. The molecule has 0 atom stereocenters. The molecule has 1 saturated carbocycles. The van der Waals surface area contributed by atoms with Crippen LogP contribution in [0.4, 0.5) is 5.69 Å². The first-order chi connectivity index (χ1) is 17.0. The van der Waals surface area contributed by atoms with E-state index in [1.54, 1.807) is 0 Å². The van der Waals surface area contributed by atoms with Gasteiger partial charge in [0.25, 0.3) is 0 Å². The maximum Gasteiger partial charge on any atom is 0.328 e. The van der Waals surface area contributed by atoms with Gasteiger partial charge in [-0.3, -0.25) is 14.6 Å². The maximum atomic E-state index is 12.0. The lowest BCUT2D eigenvalue weighted by Gasteiger charge is -2.43. The van der Waals surface area contributed by atoms with E-state index in [4.69, 9.17) is 39.1 Å². The summed E-state index contributed by atoms with van der Waals surface area (Å²) in [5.74, 6) is -2.00. The largest absolute Gasteiger partial charge is 0.478 e. The number of carboxylic acid groups (broad SMARTS) is 2. The number of aliphatic carboxylic acids is 2. The summed E-state index contributed by atoms with van der Waals surface area (Å²) in [6.07, 6.45) is 6.23. The van der Waals surface area contributed by atoms with Gasteiger partial charge in [0.2, 0.25) is 5.91 Å². The number of nitrogens with zero attached hydrogens (tertiary/aromatic N) is 3.